The summed E-state index contributed by atoms with van der Waals surface area (Å²) in [5, 5.41) is 0. The molecule has 2 aromatic rings. The zero-order chi connectivity index (χ0) is 15.8. The maximum atomic E-state index is 13.3. The van der Waals surface area contributed by atoms with Crippen LogP contribution in [-0.4, -0.2) is 13.2 Å². The summed E-state index contributed by atoms with van der Waals surface area (Å²) in [5.74, 6) is -1.10. The molecule has 0 atom stereocenters. The highest BCUT2D eigenvalue weighted by Gasteiger charge is 2.07. The molecule has 0 heterocycles. The highest BCUT2D eigenvalue weighted by molar-refractivity contribution is 5.48. The van der Waals surface area contributed by atoms with Crippen LogP contribution < -0.4 is 9.47 Å². The fourth-order valence-corrected chi connectivity index (χ4v) is 1.87. The summed E-state index contributed by atoms with van der Waals surface area (Å²) >= 11 is 0. The Labute approximate surface area is 129 Å². The molecular formula is C18H18F2O2. The summed E-state index contributed by atoms with van der Waals surface area (Å²) in [5.41, 5.74) is 1.04. The standard InChI is InChI=1S/C18H18F2O2/c1-2-14-8-10-15(11-9-14)21-12-3-4-13-22-17-7-5-6-16(19)18(17)20/h2,5-11H,1,3-4,12-13H2. The molecule has 0 unspecified atom stereocenters. The van der Waals surface area contributed by atoms with E-state index in [2.05, 4.69) is 6.58 Å². The van der Waals surface area contributed by atoms with Crippen LogP contribution >= 0.6 is 0 Å². The minimum absolute atomic E-state index is 0.0547. The molecule has 0 aliphatic carbocycles. The van der Waals surface area contributed by atoms with Crippen LogP contribution in [0.1, 0.15) is 18.4 Å². The number of halogens is 2. The largest absolute Gasteiger partial charge is 0.494 e. The Kier molecular flexibility index (Phi) is 5.95. The van der Waals surface area contributed by atoms with Crippen molar-refractivity contribution in [3.63, 3.8) is 0 Å². The van der Waals surface area contributed by atoms with Crippen molar-refractivity contribution in [2.75, 3.05) is 13.2 Å². The van der Waals surface area contributed by atoms with E-state index in [1.165, 1.54) is 12.1 Å². The summed E-state index contributed by atoms with van der Waals surface area (Å²) in [6, 6.07) is 11.5. The normalized spacial score (nSPS) is 10.3. The lowest BCUT2D eigenvalue weighted by molar-refractivity contribution is 0.257. The van der Waals surface area contributed by atoms with Gasteiger partial charge in [-0.2, -0.15) is 4.39 Å². The van der Waals surface area contributed by atoms with Crippen molar-refractivity contribution in [2.24, 2.45) is 0 Å². The molecule has 0 aliphatic heterocycles. The van der Waals surface area contributed by atoms with E-state index in [1.807, 2.05) is 24.3 Å². The third-order valence-corrected chi connectivity index (χ3v) is 3.10. The summed E-state index contributed by atoms with van der Waals surface area (Å²) in [4.78, 5) is 0. The molecule has 2 rings (SSSR count). The number of rotatable bonds is 8. The molecule has 0 aromatic heterocycles. The molecule has 0 radical (unpaired) electrons. The van der Waals surface area contributed by atoms with Gasteiger partial charge in [-0.25, -0.2) is 4.39 Å². The van der Waals surface area contributed by atoms with E-state index >= 15 is 0 Å². The van der Waals surface area contributed by atoms with E-state index in [4.69, 9.17) is 9.47 Å². The van der Waals surface area contributed by atoms with Crippen LogP contribution in [0.2, 0.25) is 0 Å². The smallest absolute Gasteiger partial charge is 0.200 e. The van der Waals surface area contributed by atoms with Crippen molar-refractivity contribution >= 4 is 6.08 Å². The molecule has 0 saturated carbocycles. The van der Waals surface area contributed by atoms with Gasteiger partial charge in [0.15, 0.2) is 11.6 Å². The molecule has 0 aliphatic rings. The second-order valence-electron chi connectivity index (χ2n) is 4.73. The van der Waals surface area contributed by atoms with Gasteiger partial charge in [0.2, 0.25) is 5.82 Å². The molecule has 22 heavy (non-hydrogen) atoms. The van der Waals surface area contributed by atoms with E-state index in [9.17, 15) is 8.78 Å². The van der Waals surface area contributed by atoms with Crippen LogP contribution in [0.4, 0.5) is 8.78 Å². The van der Waals surface area contributed by atoms with Crippen LogP contribution in [0.25, 0.3) is 6.08 Å². The van der Waals surface area contributed by atoms with Gasteiger partial charge in [0.1, 0.15) is 5.75 Å². The SMILES string of the molecule is C=Cc1ccc(OCCCCOc2cccc(F)c2F)cc1. The van der Waals surface area contributed by atoms with E-state index in [1.54, 1.807) is 6.08 Å². The first-order valence-corrected chi connectivity index (χ1v) is 7.13. The van der Waals surface area contributed by atoms with Gasteiger partial charge in [0.25, 0.3) is 0 Å². The van der Waals surface area contributed by atoms with E-state index in [0.717, 1.165) is 23.8 Å². The van der Waals surface area contributed by atoms with Gasteiger partial charge >= 0.3 is 0 Å². The van der Waals surface area contributed by atoms with Gasteiger partial charge in [-0.15, -0.1) is 0 Å². The predicted octanol–water partition coefficient (Wildman–Crippen LogP) is 4.85. The number of hydrogen-bond donors (Lipinski definition) is 0. The number of benzene rings is 2. The van der Waals surface area contributed by atoms with Crippen molar-refractivity contribution in [3.05, 3.63) is 66.2 Å². The predicted molar refractivity (Wildman–Crippen MR) is 83.1 cm³/mol. The van der Waals surface area contributed by atoms with Gasteiger partial charge in [-0.3, -0.25) is 0 Å². The Morgan fingerprint density at radius 2 is 1.59 bits per heavy atom. The molecule has 0 saturated heterocycles. The molecule has 0 spiro atoms. The van der Waals surface area contributed by atoms with Crippen LogP contribution in [0.15, 0.2) is 49.0 Å². The van der Waals surface area contributed by atoms with Gasteiger partial charge < -0.3 is 9.47 Å². The van der Waals surface area contributed by atoms with Crippen LogP contribution in [-0.2, 0) is 0 Å². The molecule has 0 fully saturated rings. The monoisotopic (exact) mass is 304 g/mol. The second kappa shape index (κ2) is 8.17. The fraction of sp³-hybridized carbons (Fsp3) is 0.222. The van der Waals surface area contributed by atoms with Crippen molar-refractivity contribution in [1.82, 2.24) is 0 Å². The van der Waals surface area contributed by atoms with Crippen LogP contribution in [0.5, 0.6) is 11.5 Å². The zero-order valence-electron chi connectivity index (χ0n) is 12.2. The Morgan fingerprint density at radius 1 is 0.909 bits per heavy atom. The Morgan fingerprint density at radius 3 is 2.27 bits per heavy atom. The topological polar surface area (TPSA) is 18.5 Å². The summed E-state index contributed by atoms with van der Waals surface area (Å²) < 4.78 is 37.1. The highest BCUT2D eigenvalue weighted by Crippen LogP contribution is 2.19. The summed E-state index contributed by atoms with van der Waals surface area (Å²) in [6.07, 6.45) is 3.23. The van der Waals surface area contributed by atoms with Crippen molar-refractivity contribution < 1.29 is 18.3 Å². The van der Waals surface area contributed by atoms with E-state index in [-0.39, 0.29) is 5.75 Å². The van der Waals surface area contributed by atoms with Crippen LogP contribution in [0.3, 0.4) is 0 Å². The Balaban J connectivity index is 1.65. The first-order chi connectivity index (χ1) is 10.7. The summed E-state index contributed by atoms with van der Waals surface area (Å²) in [6.45, 7) is 4.55. The molecule has 0 amide bonds. The third-order valence-electron chi connectivity index (χ3n) is 3.10. The van der Waals surface area contributed by atoms with Crippen molar-refractivity contribution in [1.29, 1.82) is 0 Å². The second-order valence-corrected chi connectivity index (χ2v) is 4.73. The molecule has 116 valence electrons. The van der Waals surface area contributed by atoms with Crippen molar-refractivity contribution in [3.8, 4) is 11.5 Å². The molecule has 0 bridgehead atoms. The van der Waals surface area contributed by atoms with Crippen molar-refractivity contribution in [2.45, 2.75) is 12.8 Å². The lowest BCUT2D eigenvalue weighted by Gasteiger charge is -2.08. The number of ether oxygens (including phenoxy) is 2. The maximum absolute atomic E-state index is 13.3. The Bertz CT molecular complexity index is 609. The molecule has 2 nitrogen and oxygen atoms in total. The average Bonchev–Trinajstić information content (AvgIpc) is 2.55. The van der Waals surface area contributed by atoms with Gasteiger partial charge in [-0.1, -0.05) is 30.9 Å². The summed E-state index contributed by atoms with van der Waals surface area (Å²) in [7, 11) is 0. The molecule has 4 heteroatoms. The quantitative estimate of drug-likeness (QED) is 0.649. The zero-order valence-corrected chi connectivity index (χ0v) is 12.2. The molecule has 0 N–H and O–H groups in total. The van der Waals surface area contributed by atoms with Gasteiger partial charge in [-0.05, 0) is 42.7 Å². The van der Waals surface area contributed by atoms with E-state index < -0.39 is 11.6 Å². The number of hydrogen-bond acceptors (Lipinski definition) is 2. The molecule has 2 aromatic carbocycles. The lowest BCUT2D eigenvalue weighted by Crippen LogP contribution is -2.04. The molecular weight excluding hydrogens is 286 g/mol. The van der Waals surface area contributed by atoms with Gasteiger partial charge in [0.05, 0.1) is 13.2 Å². The van der Waals surface area contributed by atoms with Crippen LogP contribution in [0, 0.1) is 11.6 Å². The minimum Gasteiger partial charge on any atom is -0.494 e. The fourth-order valence-electron chi connectivity index (χ4n) is 1.87. The highest BCUT2D eigenvalue weighted by atomic mass is 19.2. The van der Waals surface area contributed by atoms with E-state index in [0.29, 0.717) is 19.6 Å². The minimum atomic E-state index is -0.943. The maximum Gasteiger partial charge on any atom is 0.200 e. The average molecular weight is 304 g/mol. The first kappa shape index (κ1) is 16.0. The Hall–Kier alpha value is -2.36. The lowest BCUT2D eigenvalue weighted by atomic mass is 10.2. The third kappa shape index (κ3) is 4.58. The number of unbranched alkanes of at least 4 members (excludes halogenated alkanes) is 1. The first-order valence-electron chi connectivity index (χ1n) is 7.13. The van der Waals surface area contributed by atoms with Gasteiger partial charge in [0, 0.05) is 0 Å².